The van der Waals surface area contributed by atoms with E-state index in [0.29, 0.717) is 12.4 Å². The molecule has 0 amide bonds. The van der Waals surface area contributed by atoms with E-state index in [1.165, 1.54) is 11.8 Å². The standard InChI is InChI=1S/C15H23NO3S/c1-4-13(16)15(20-10-14(17)19-5-2)11-7-6-8-12(9-11)18-3/h6-9,13,15H,4-5,10,16H2,1-3H3. The van der Waals surface area contributed by atoms with E-state index >= 15 is 0 Å². The average molecular weight is 297 g/mol. The van der Waals surface area contributed by atoms with Gasteiger partial charge >= 0.3 is 5.97 Å². The van der Waals surface area contributed by atoms with Crippen LogP contribution in [-0.4, -0.2) is 31.5 Å². The summed E-state index contributed by atoms with van der Waals surface area (Å²) in [5.41, 5.74) is 7.26. The molecule has 0 saturated heterocycles. The molecule has 1 rings (SSSR count). The lowest BCUT2D eigenvalue weighted by Crippen LogP contribution is -2.26. The van der Waals surface area contributed by atoms with E-state index in [0.717, 1.165) is 17.7 Å². The van der Waals surface area contributed by atoms with E-state index in [4.69, 9.17) is 15.2 Å². The molecule has 112 valence electrons. The molecule has 0 aromatic heterocycles. The predicted octanol–water partition coefficient (Wildman–Crippen LogP) is 2.77. The molecule has 0 saturated carbocycles. The van der Waals surface area contributed by atoms with Gasteiger partial charge in [-0.15, -0.1) is 11.8 Å². The van der Waals surface area contributed by atoms with Gasteiger partial charge in [-0.1, -0.05) is 19.1 Å². The molecule has 2 N–H and O–H groups in total. The fraction of sp³-hybridized carbons (Fsp3) is 0.533. The van der Waals surface area contributed by atoms with Gasteiger partial charge in [0.15, 0.2) is 0 Å². The fourth-order valence-corrected chi connectivity index (χ4v) is 3.04. The monoisotopic (exact) mass is 297 g/mol. The molecule has 0 spiro atoms. The summed E-state index contributed by atoms with van der Waals surface area (Å²) >= 11 is 1.52. The molecular weight excluding hydrogens is 274 g/mol. The van der Waals surface area contributed by atoms with Gasteiger partial charge in [0, 0.05) is 11.3 Å². The maximum atomic E-state index is 11.5. The van der Waals surface area contributed by atoms with Crippen molar-refractivity contribution < 1.29 is 14.3 Å². The van der Waals surface area contributed by atoms with Crippen molar-refractivity contribution in [2.24, 2.45) is 5.73 Å². The van der Waals surface area contributed by atoms with Crippen molar-refractivity contribution in [2.75, 3.05) is 19.5 Å². The van der Waals surface area contributed by atoms with Crippen LogP contribution in [-0.2, 0) is 9.53 Å². The molecule has 0 heterocycles. The summed E-state index contributed by atoms with van der Waals surface area (Å²) in [5.74, 6) is 0.907. The number of methoxy groups -OCH3 is 1. The Hall–Kier alpha value is -1.20. The molecule has 4 nitrogen and oxygen atoms in total. The van der Waals surface area contributed by atoms with E-state index in [1.807, 2.05) is 31.2 Å². The second kappa shape index (κ2) is 8.87. The van der Waals surface area contributed by atoms with Crippen molar-refractivity contribution in [3.63, 3.8) is 0 Å². The van der Waals surface area contributed by atoms with Gasteiger partial charge in [-0.3, -0.25) is 4.79 Å². The van der Waals surface area contributed by atoms with Crippen molar-refractivity contribution in [1.82, 2.24) is 0 Å². The Kier molecular flexibility index (Phi) is 7.47. The SMILES string of the molecule is CCOC(=O)CSC(c1cccc(OC)c1)C(N)CC. The van der Waals surface area contributed by atoms with Crippen LogP contribution in [0.1, 0.15) is 31.1 Å². The summed E-state index contributed by atoms with van der Waals surface area (Å²) in [5, 5.41) is 0.0551. The molecule has 0 aliphatic rings. The van der Waals surface area contributed by atoms with Crippen LogP contribution in [0.2, 0.25) is 0 Å². The number of hydrogen-bond acceptors (Lipinski definition) is 5. The van der Waals surface area contributed by atoms with E-state index in [1.54, 1.807) is 14.0 Å². The van der Waals surface area contributed by atoms with Crippen LogP contribution in [0, 0.1) is 0 Å². The highest BCUT2D eigenvalue weighted by molar-refractivity contribution is 8.00. The molecule has 2 atom stereocenters. The Balaban J connectivity index is 2.80. The zero-order valence-electron chi connectivity index (χ0n) is 12.3. The summed E-state index contributed by atoms with van der Waals surface area (Å²) in [6.07, 6.45) is 0.845. The summed E-state index contributed by atoms with van der Waals surface area (Å²) in [6, 6.07) is 7.81. The van der Waals surface area contributed by atoms with Crippen LogP contribution in [0.4, 0.5) is 0 Å². The molecule has 20 heavy (non-hydrogen) atoms. The largest absolute Gasteiger partial charge is 0.497 e. The molecule has 1 aromatic carbocycles. The predicted molar refractivity (Wildman–Crippen MR) is 83.1 cm³/mol. The zero-order valence-corrected chi connectivity index (χ0v) is 13.1. The van der Waals surface area contributed by atoms with Crippen LogP contribution in [0.5, 0.6) is 5.75 Å². The normalized spacial score (nSPS) is 13.6. The third kappa shape index (κ3) is 5.06. The summed E-state index contributed by atoms with van der Waals surface area (Å²) in [4.78, 5) is 11.5. The lowest BCUT2D eigenvalue weighted by atomic mass is 10.0. The highest BCUT2D eigenvalue weighted by Gasteiger charge is 2.21. The molecule has 1 aromatic rings. The molecule has 5 heteroatoms. The molecule has 0 aliphatic carbocycles. The van der Waals surface area contributed by atoms with Gasteiger partial charge in [0.25, 0.3) is 0 Å². The van der Waals surface area contributed by atoms with Gasteiger partial charge in [-0.2, -0.15) is 0 Å². The van der Waals surface area contributed by atoms with Crippen molar-refractivity contribution >= 4 is 17.7 Å². The van der Waals surface area contributed by atoms with Crippen LogP contribution in [0.25, 0.3) is 0 Å². The second-order valence-corrected chi connectivity index (χ2v) is 5.52. The van der Waals surface area contributed by atoms with Gasteiger partial charge in [0.05, 0.1) is 19.5 Å². The van der Waals surface area contributed by atoms with Gasteiger partial charge in [-0.25, -0.2) is 0 Å². The van der Waals surface area contributed by atoms with Gasteiger partial charge in [-0.05, 0) is 31.0 Å². The van der Waals surface area contributed by atoms with Crippen molar-refractivity contribution in [1.29, 1.82) is 0 Å². The number of esters is 1. The number of nitrogens with two attached hydrogens (primary N) is 1. The molecule has 0 aliphatic heterocycles. The number of hydrogen-bond donors (Lipinski definition) is 1. The van der Waals surface area contributed by atoms with Crippen LogP contribution < -0.4 is 10.5 Å². The Bertz CT molecular complexity index is 425. The first-order valence-electron chi connectivity index (χ1n) is 6.79. The fourth-order valence-electron chi connectivity index (χ4n) is 1.86. The minimum Gasteiger partial charge on any atom is -0.497 e. The number of carbonyl (C=O) groups is 1. The number of carbonyl (C=O) groups excluding carboxylic acids is 1. The van der Waals surface area contributed by atoms with Crippen LogP contribution in [0.15, 0.2) is 24.3 Å². The smallest absolute Gasteiger partial charge is 0.315 e. The van der Waals surface area contributed by atoms with E-state index < -0.39 is 0 Å². The Morgan fingerprint density at radius 1 is 1.40 bits per heavy atom. The lowest BCUT2D eigenvalue weighted by Gasteiger charge is -2.23. The summed E-state index contributed by atoms with van der Waals surface area (Å²) < 4.78 is 10.2. The van der Waals surface area contributed by atoms with Crippen LogP contribution >= 0.6 is 11.8 Å². The molecular formula is C15H23NO3S. The molecule has 0 radical (unpaired) electrons. The first-order chi connectivity index (χ1) is 9.62. The van der Waals surface area contributed by atoms with Crippen LogP contribution in [0.3, 0.4) is 0 Å². The average Bonchev–Trinajstić information content (AvgIpc) is 2.47. The van der Waals surface area contributed by atoms with Gasteiger partial charge in [0.2, 0.25) is 0 Å². The van der Waals surface area contributed by atoms with E-state index in [-0.39, 0.29) is 17.3 Å². The number of ether oxygens (including phenoxy) is 2. The second-order valence-electron chi connectivity index (χ2n) is 4.39. The van der Waals surface area contributed by atoms with E-state index in [9.17, 15) is 4.79 Å². The van der Waals surface area contributed by atoms with Gasteiger partial charge < -0.3 is 15.2 Å². The minimum absolute atomic E-state index is 0.0125. The van der Waals surface area contributed by atoms with Crippen molar-refractivity contribution in [3.8, 4) is 5.75 Å². The lowest BCUT2D eigenvalue weighted by molar-refractivity contribution is -0.139. The number of rotatable bonds is 8. The Labute approximate surface area is 125 Å². The zero-order chi connectivity index (χ0) is 15.0. The maximum absolute atomic E-state index is 11.5. The van der Waals surface area contributed by atoms with Crippen molar-refractivity contribution in [3.05, 3.63) is 29.8 Å². The highest BCUT2D eigenvalue weighted by atomic mass is 32.2. The topological polar surface area (TPSA) is 61.5 Å². The van der Waals surface area contributed by atoms with Crippen molar-refractivity contribution in [2.45, 2.75) is 31.6 Å². The summed E-state index contributed by atoms with van der Waals surface area (Å²) in [7, 11) is 1.64. The first-order valence-corrected chi connectivity index (χ1v) is 7.84. The molecule has 0 fully saturated rings. The first kappa shape index (κ1) is 16.9. The van der Waals surface area contributed by atoms with E-state index in [2.05, 4.69) is 0 Å². The minimum atomic E-state index is -0.200. The molecule has 0 bridgehead atoms. The third-order valence-electron chi connectivity index (χ3n) is 2.97. The number of benzene rings is 1. The number of thioether (sulfide) groups is 1. The third-order valence-corrected chi connectivity index (χ3v) is 4.35. The molecule has 2 unspecified atom stereocenters. The summed E-state index contributed by atoms with van der Waals surface area (Å²) in [6.45, 7) is 4.26. The quantitative estimate of drug-likeness (QED) is 0.748. The van der Waals surface area contributed by atoms with Gasteiger partial charge in [0.1, 0.15) is 5.75 Å². The Morgan fingerprint density at radius 3 is 2.75 bits per heavy atom. The Morgan fingerprint density at radius 2 is 2.15 bits per heavy atom. The highest BCUT2D eigenvalue weighted by Crippen LogP contribution is 2.34. The maximum Gasteiger partial charge on any atom is 0.315 e.